The Morgan fingerprint density at radius 1 is 1.33 bits per heavy atom. The number of nitrogens with zero attached hydrogens (tertiary/aromatic N) is 1. The van der Waals surface area contributed by atoms with Gasteiger partial charge in [0.1, 0.15) is 12.3 Å². The average molecular weight is 305 g/mol. The highest BCUT2D eigenvalue weighted by Crippen LogP contribution is 2.20. The van der Waals surface area contributed by atoms with E-state index in [1.807, 2.05) is 13.0 Å². The first-order chi connectivity index (χ1) is 9.73. The van der Waals surface area contributed by atoms with Crippen LogP contribution in [-0.4, -0.2) is 48.4 Å². The Bertz CT molecular complexity index is 489. The summed E-state index contributed by atoms with van der Waals surface area (Å²) in [6, 6.07) is 5.38. The molecule has 21 heavy (non-hydrogen) atoms. The third-order valence-corrected chi connectivity index (χ3v) is 2.79. The predicted molar refractivity (Wildman–Crippen MR) is 71.1 cm³/mol. The van der Waals surface area contributed by atoms with Gasteiger partial charge in [0.25, 0.3) is 5.91 Å². The van der Waals surface area contributed by atoms with Crippen LogP contribution < -0.4 is 4.74 Å². The Kier molecular flexibility index (Phi) is 6.02. The number of rotatable bonds is 6. The summed E-state index contributed by atoms with van der Waals surface area (Å²) < 4.78 is 42.3. The summed E-state index contributed by atoms with van der Waals surface area (Å²) in [7, 11) is 0. The molecule has 7 heteroatoms. The van der Waals surface area contributed by atoms with E-state index in [4.69, 9.17) is 9.84 Å². The van der Waals surface area contributed by atoms with E-state index in [9.17, 15) is 18.0 Å². The second-order valence-corrected chi connectivity index (χ2v) is 4.71. The smallest absolute Gasteiger partial charge is 0.406 e. The number of halogens is 3. The molecule has 118 valence electrons. The van der Waals surface area contributed by atoms with Crippen molar-refractivity contribution in [2.75, 3.05) is 26.3 Å². The highest BCUT2D eigenvalue weighted by molar-refractivity contribution is 5.77. The fourth-order valence-electron chi connectivity index (χ4n) is 1.72. The third kappa shape index (κ3) is 6.03. The maximum Gasteiger partial charge on any atom is 0.406 e. The van der Waals surface area contributed by atoms with E-state index in [0.29, 0.717) is 10.6 Å². The minimum atomic E-state index is -4.51. The Labute approximate surface area is 121 Å². The molecule has 0 aromatic heterocycles. The van der Waals surface area contributed by atoms with Gasteiger partial charge in [-0.1, -0.05) is 12.1 Å². The lowest BCUT2D eigenvalue weighted by Gasteiger charge is -2.23. The van der Waals surface area contributed by atoms with Gasteiger partial charge >= 0.3 is 6.18 Å². The third-order valence-electron chi connectivity index (χ3n) is 2.79. The van der Waals surface area contributed by atoms with Crippen LogP contribution in [0.3, 0.4) is 0 Å². The van der Waals surface area contributed by atoms with Crippen LogP contribution in [-0.2, 0) is 4.79 Å². The molecule has 1 rings (SSSR count). The maximum atomic E-state index is 12.4. The molecule has 4 nitrogen and oxygen atoms in total. The van der Waals surface area contributed by atoms with Crippen molar-refractivity contribution >= 4 is 5.91 Å². The Morgan fingerprint density at radius 3 is 2.57 bits per heavy atom. The first kappa shape index (κ1) is 17.3. The van der Waals surface area contributed by atoms with Gasteiger partial charge in [0.05, 0.1) is 6.61 Å². The molecule has 0 saturated heterocycles. The number of aliphatic hydroxyl groups is 1. The molecule has 0 bridgehead atoms. The fourth-order valence-corrected chi connectivity index (χ4v) is 1.72. The molecule has 0 aliphatic rings. The number of hydrogen-bond acceptors (Lipinski definition) is 3. The Balaban J connectivity index is 2.67. The minimum absolute atomic E-state index is 0.380. The molecule has 1 amide bonds. The summed E-state index contributed by atoms with van der Waals surface area (Å²) in [5.41, 5.74) is 1.71. The van der Waals surface area contributed by atoms with E-state index in [-0.39, 0.29) is 6.54 Å². The van der Waals surface area contributed by atoms with E-state index in [0.717, 1.165) is 11.1 Å². The summed E-state index contributed by atoms with van der Waals surface area (Å²) in [6.07, 6.45) is -4.51. The van der Waals surface area contributed by atoms with Crippen LogP contribution in [0, 0.1) is 13.8 Å². The SMILES string of the molecule is Cc1ccc(C)c(OCC(=O)N(CCO)CC(F)(F)F)c1. The van der Waals surface area contributed by atoms with Crippen molar-refractivity contribution in [2.24, 2.45) is 0 Å². The molecule has 0 spiro atoms. The van der Waals surface area contributed by atoms with Crippen molar-refractivity contribution in [3.63, 3.8) is 0 Å². The van der Waals surface area contributed by atoms with Crippen LogP contribution in [0.2, 0.25) is 0 Å². The molecular formula is C14H18F3NO3. The second kappa shape index (κ2) is 7.31. The van der Waals surface area contributed by atoms with Gasteiger partial charge in [0, 0.05) is 6.54 Å². The number of carbonyl (C=O) groups excluding carboxylic acids is 1. The zero-order chi connectivity index (χ0) is 16.0. The van der Waals surface area contributed by atoms with Gasteiger partial charge in [-0.25, -0.2) is 0 Å². The normalized spacial score (nSPS) is 11.3. The van der Waals surface area contributed by atoms with Gasteiger partial charge in [-0.05, 0) is 31.0 Å². The van der Waals surface area contributed by atoms with Crippen molar-refractivity contribution in [3.8, 4) is 5.75 Å². The number of amides is 1. The van der Waals surface area contributed by atoms with Crippen LogP contribution in [0.1, 0.15) is 11.1 Å². The van der Waals surface area contributed by atoms with Gasteiger partial charge in [0.15, 0.2) is 6.61 Å². The molecule has 0 aliphatic carbocycles. The van der Waals surface area contributed by atoms with E-state index in [2.05, 4.69) is 0 Å². The van der Waals surface area contributed by atoms with Crippen molar-refractivity contribution in [3.05, 3.63) is 29.3 Å². The van der Waals surface area contributed by atoms with Crippen LogP contribution >= 0.6 is 0 Å². The lowest BCUT2D eigenvalue weighted by Crippen LogP contribution is -2.42. The number of carbonyl (C=O) groups is 1. The largest absolute Gasteiger partial charge is 0.483 e. The first-order valence-corrected chi connectivity index (χ1v) is 6.38. The number of ether oxygens (including phenoxy) is 1. The summed E-state index contributed by atoms with van der Waals surface area (Å²) >= 11 is 0. The number of aryl methyl sites for hydroxylation is 2. The number of aliphatic hydroxyl groups excluding tert-OH is 1. The van der Waals surface area contributed by atoms with E-state index >= 15 is 0 Å². The standard InChI is InChI=1S/C14H18F3NO3/c1-10-3-4-11(2)12(7-10)21-8-13(20)18(5-6-19)9-14(15,16)17/h3-4,7,19H,5-6,8-9H2,1-2H3. The first-order valence-electron chi connectivity index (χ1n) is 6.38. The van der Waals surface area contributed by atoms with E-state index < -0.39 is 31.8 Å². The average Bonchev–Trinajstić information content (AvgIpc) is 2.37. The molecule has 0 atom stereocenters. The van der Waals surface area contributed by atoms with Gasteiger partial charge in [-0.3, -0.25) is 4.79 Å². The van der Waals surface area contributed by atoms with Gasteiger partial charge < -0.3 is 14.7 Å². The molecular weight excluding hydrogens is 287 g/mol. The molecule has 1 N–H and O–H groups in total. The van der Waals surface area contributed by atoms with Crippen molar-refractivity contribution in [1.29, 1.82) is 0 Å². The molecule has 1 aromatic carbocycles. The quantitative estimate of drug-likeness (QED) is 0.875. The number of alkyl halides is 3. The summed E-state index contributed by atoms with van der Waals surface area (Å²) in [5, 5.41) is 8.75. The zero-order valence-corrected chi connectivity index (χ0v) is 11.9. The molecule has 0 unspecified atom stereocenters. The molecule has 0 saturated carbocycles. The van der Waals surface area contributed by atoms with E-state index in [1.165, 1.54) is 0 Å². The molecule has 0 heterocycles. The van der Waals surface area contributed by atoms with E-state index in [1.54, 1.807) is 19.1 Å². The topological polar surface area (TPSA) is 49.8 Å². The molecule has 0 aliphatic heterocycles. The fraction of sp³-hybridized carbons (Fsp3) is 0.500. The zero-order valence-electron chi connectivity index (χ0n) is 11.9. The molecule has 0 radical (unpaired) electrons. The lowest BCUT2D eigenvalue weighted by atomic mass is 10.1. The summed E-state index contributed by atoms with van der Waals surface area (Å²) in [6.45, 7) is 0.805. The lowest BCUT2D eigenvalue weighted by molar-refractivity contribution is -0.163. The van der Waals surface area contributed by atoms with Gasteiger partial charge in [0.2, 0.25) is 0 Å². The Morgan fingerprint density at radius 2 is 2.00 bits per heavy atom. The molecule has 0 fully saturated rings. The predicted octanol–water partition coefficient (Wildman–Crippen LogP) is 2.07. The van der Waals surface area contributed by atoms with Crippen LogP contribution in [0.5, 0.6) is 5.75 Å². The van der Waals surface area contributed by atoms with Crippen molar-refractivity contribution < 1.29 is 27.8 Å². The number of benzene rings is 1. The maximum absolute atomic E-state index is 12.4. The monoisotopic (exact) mass is 305 g/mol. The highest BCUT2D eigenvalue weighted by atomic mass is 19.4. The van der Waals surface area contributed by atoms with Crippen LogP contribution in [0.4, 0.5) is 13.2 Å². The summed E-state index contributed by atoms with van der Waals surface area (Å²) in [5.74, 6) is -0.360. The minimum Gasteiger partial charge on any atom is -0.483 e. The number of hydrogen-bond donors (Lipinski definition) is 1. The van der Waals surface area contributed by atoms with Gasteiger partial charge in [-0.2, -0.15) is 13.2 Å². The van der Waals surface area contributed by atoms with Crippen molar-refractivity contribution in [1.82, 2.24) is 4.90 Å². The van der Waals surface area contributed by atoms with Crippen molar-refractivity contribution in [2.45, 2.75) is 20.0 Å². The van der Waals surface area contributed by atoms with Crippen LogP contribution in [0.25, 0.3) is 0 Å². The second-order valence-electron chi connectivity index (χ2n) is 4.71. The van der Waals surface area contributed by atoms with Gasteiger partial charge in [-0.15, -0.1) is 0 Å². The Hall–Kier alpha value is -1.76. The highest BCUT2D eigenvalue weighted by Gasteiger charge is 2.32. The molecule has 1 aromatic rings. The summed E-state index contributed by atoms with van der Waals surface area (Å²) in [4.78, 5) is 12.3. The van der Waals surface area contributed by atoms with Crippen LogP contribution in [0.15, 0.2) is 18.2 Å².